The summed E-state index contributed by atoms with van der Waals surface area (Å²) in [6, 6.07) is -0.817. The van der Waals surface area contributed by atoms with E-state index < -0.39 is 32.7 Å². The quantitative estimate of drug-likeness (QED) is 0.840. The van der Waals surface area contributed by atoms with Crippen LogP contribution in [0.25, 0.3) is 0 Å². The number of rotatable bonds is 4. The first-order valence-corrected chi connectivity index (χ1v) is 7.55. The highest BCUT2D eigenvalue weighted by molar-refractivity contribution is 7.94. The molecule has 1 heterocycles. The van der Waals surface area contributed by atoms with Crippen molar-refractivity contribution in [3.8, 4) is 0 Å². The largest absolute Gasteiger partial charge is 0.481 e. The average Bonchev–Trinajstić information content (AvgIpc) is 2.12. The Balaban J connectivity index is 3.08. The molecule has 1 unspecified atom stereocenters. The van der Waals surface area contributed by atoms with Gasteiger partial charge in [0, 0.05) is 0 Å². The lowest BCUT2D eigenvalue weighted by Gasteiger charge is -2.47. The molecule has 1 saturated heterocycles. The Labute approximate surface area is 113 Å². The van der Waals surface area contributed by atoms with Gasteiger partial charge >= 0.3 is 5.97 Å². The number of carboxylic acids is 1. The van der Waals surface area contributed by atoms with Crippen LogP contribution in [-0.4, -0.2) is 40.5 Å². The van der Waals surface area contributed by atoms with E-state index in [-0.39, 0.29) is 11.8 Å². The van der Waals surface area contributed by atoms with Crippen LogP contribution in [0, 0.1) is 5.41 Å². The number of hydrogen-bond donors (Lipinski definition) is 1. The molecule has 0 aliphatic carbocycles. The van der Waals surface area contributed by atoms with Crippen LogP contribution < -0.4 is 0 Å². The van der Waals surface area contributed by atoms with Crippen LogP contribution in [0.4, 0.5) is 0 Å². The van der Waals surface area contributed by atoms with Crippen LogP contribution in [0.5, 0.6) is 0 Å². The van der Waals surface area contributed by atoms with Gasteiger partial charge < -0.3 is 5.11 Å². The van der Waals surface area contributed by atoms with E-state index >= 15 is 0 Å². The van der Waals surface area contributed by atoms with Gasteiger partial charge in [-0.2, -0.15) is 0 Å². The van der Waals surface area contributed by atoms with Crippen LogP contribution in [0.3, 0.4) is 0 Å². The predicted octanol–water partition coefficient (Wildman–Crippen LogP) is 1.22. The van der Waals surface area contributed by atoms with Gasteiger partial charge in [0.25, 0.3) is 15.9 Å². The summed E-state index contributed by atoms with van der Waals surface area (Å²) in [4.78, 5) is 22.8. The number of hydrogen-bond acceptors (Lipinski definition) is 4. The van der Waals surface area contributed by atoms with E-state index in [0.29, 0.717) is 6.42 Å². The van der Waals surface area contributed by atoms with Gasteiger partial charge in [0.2, 0.25) is 0 Å². The summed E-state index contributed by atoms with van der Waals surface area (Å²) >= 11 is 0. The summed E-state index contributed by atoms with van der Waals surface area (Å²) in [5, 5.41) is 8.90. The molecule has 0 spiro atoms. The second-order valence-corrected chi connectivity index (χ2v) is 9.00. The second-order valence-electron chi connectivity index (χ2n) is 6.63. The Bertz CT molecular complexity index is 501. The van der Waals surface area contributed by atoms with Crippen LogP contribution in [0.2, 0.25) is 0 Å². The van der Waals surface area contributed by atoms with Crippen molar-refractivity contribution in [2.24, 2.45) is 5.41 Å². The molecular weight excluding hydrogens is 270 g/mol. The van der Waals surface area contributed by atoms with E-state index in [9.17, 15) is 18.0 Å². The minimum Gasteiger partial charge on any atom is -0.481 e. The lowest BCUT2D eigenvalue weighted by atomic mass is 9.86. The van der Waals surface area contributed by atoms with Crippen LogP contribution in [0.1, 0.15) is 47.5 Å². The van der Waals surface area contributed by atoms with Gasteiger partial charge in [-0.25, -0.2) is 12.7 Å². The molecule has 1 atom stereocenters. The first-order valence-electron chi connectivity index (χ1n) is 6.11. The zero-order valence-corrected chi connectivity index (χ0v) is 12.7. The predicted molar refractivity (Wildman–Crippen MR) is 70.0 cm³/mol. The van der Waals surface area contributed by atoms with E-state index in [4.69, 9.17) is 5.11 Å². The molecule has 1 aliphatic heterocycles. The zero-order valence-electron chi connectivity index (χ0n) is 11.9. The normalized spacial score (nSPS) is 22.8. The van der Waals surface area contributed by atoms with Crippen molar-refractivity contribution in [3.63, 3.8) is 0 Å². The van der Waals surface area contributed by atoms with Gasteiger partial charge in [-0.3, -0.25) is 9.59 Å². The fraction of sp³-hybridized carbons (Fsp3) is 0.833. The lowest BCUT2D eigenvalue weighted by molar-refractivity contribution is -0.140. The molecule has 1 rings (SSSR count). The molecule has 1 N–H and O–H groups in total. The van der Waals surface area contributed by atoms with Gasteiger partial charge in [0.1, 0.15) is 0 Å². The fourth-order valence-corrected chi connectivity index (χ4v) is 3.87. The Morgan fingerprint density at radius 1 is 1.37 bits per heavy atom. The monoisotopic (exact) mass is 291 g/mol. The number of carbonyl (C=O) groups is 2. The van der Waals surface area contributed by atoms with Crippen molar-refractivity contribution in [1.82, 2.24) is 4.31 Å². The summed E-state index contributed by atoms with van der Waals surface area (Å²) in [5.41, 5.74) is -0.268. The summed E-state index contributed by atoms with van der Waals surface area (Å²) in [7, 11) is -3.75. The first kappa shape index (κ1) is 15.9. The molecule has 19 heavy (non-hydrogen) atoms. The standard InChI is InChI=1S/C12H21NO5S/c1-11(2,3)7-8(6-9(14)15)13-10(16)12(4,5)19(13,17)18/h8H,6-7H2,1-5H3,(H,14,15). The molecule has 0 aromatic heterocycles. The van der Waals surface area contributed by atoms with E-state index in [1.807, 2.05) is 20.8 Å². The molecule has 0 bridgehead atoms. The number of aliphatic carboxylic acids is 1. The Hall–Kier alpha value is -1.11. The van der Waals surface area contributed by atoms with E-state index in [0.717, 1.165) is 4.31 Å². The maximum atomic E-state index is 12.1. The Kier molecular flexibility index (Phi) is 3.75. The van der Waals surface area contributed by atoms with Crippen molar-refractivity contribution in [1.29, 1.82) is 0 Å². The fourth-order valence-electron chi connectivity index (χ4n) is 2.20. The third kappa shape index (κ3) is 2.75. The van der Waals surface area contributed by atoms with Gasteiger partial charge in [-0.15, -0.1) is 0 Å². The lowest BCUT2D eigenvalue weighted by Crippen LogP contribution is -2.70. The summed E-state index contributed by atoms with van der Waals surface area (Å²) < 4.78 is 23.5. The number of sulfonamides is 1. The van der Waals surface area contributed by atoms with Crippen LogP contribution in [-0.2, 0) is 19.6 Å². The summed E-state index contributed by atoms with van der Waals surface area (Å²) in [6.45, 7) is 8.32. The van der Waals surface area contributed by atoms with Gasteiger partial charge in [-0.1, -0.05) is 20.8 Å². The van der Waals surface area contributed by atoms with Crippen molar-refractivity contribution in [2.75, 3.05) is 0 Å². The molecule has 1 fully saturated rings. The third-order valence-corrected chi connectivity index (χ3v) is 5.66. The van der Waals surface area contributed by atoms with Crippen molar-refractivity contribution in [3.05, 3.63) is 0 Å². The molecule has 0 aromatic rings. The topological polar surface area (TPSA) is 91.8 Å². The molecular formula is C12H21NO5S. The highest BCUT2D eigenvalue weighted by Gasteiger charge is 2.62. The van der Waals surface area contributed by atoms with Crippen LogP contribution in [0.15, 0.2) is 0 Å². The molecule has 0 radical (unpaired) electrons. The van der Waals surface area contributed by atoms with Gasteiger partial charge in [0.15, 0.2) is 4.75 Å². The summed E-state index contributed by atoms with van der Waals surface area (Å²) in [6.07, 6.45) is -0.0430. The highest BCUT2D eigenvalue weighted by Crippen LogP contribution is 2.40. The SMILES string of the molecule is CC(C)(C)CC(CC(=O)O)N1C(=O)C(C)(C)S1(=O)=O. The van der Waals surface area contributed by atoms with E-state index in [2.05, 4.69) is 0 Å². The number of nitrogens with zero attached hydrogens (tertiary/aromatic N) is 1. The maximum absolute atomic E-state index is 12.1. The highest BCUT2D eigenvalue weighted by atomic mass is 32.2. The molecule has 6 nitrogen and oxygen atoms in total. The summed E-state index contributed by atoms with van der Waals surface area (Å²) in [5.74, 6) is -1.63. The third-order valence-electron chi connectivity index (χ3n) is 3.21. The molecule has 0 aromatic carbocycles. The number of carbonyl (C=O) groups excluding carboxylic acids is 1. The Morgan fingerprint density at radius 2 is 1.84 bits per heavy atom. The molecule has 1 amide bonds. The molecule has 7 heteroatoms. The van der Waals surface area contributed by atoms with E-state index in [1.54, 1.807) is 0 Å². The Morgan fingerprint density at radius 3 is 2.16 bits per heavy atom. The number of carboxylic acid groups (broad SMARTS) is 1. The van der Waals surface area contributed by atoms with Crippen LogP contribution >= 0.6 is 0 Å². The molecule has 110 valence electrons. The van der Waals surface area contributed by atoms with Gasteiger partial charge in [0.05, 0.1) is 12.5 Å². The maximum Gasteiger partial charge on any atom is 0.305 e. The van der Waals surface area contributed by atoms with Gasteiger partial charge in [-0.05, 0) is 25.7 Å². The smallest absolute Gasteiger partial charge is 0.305 e. The molecule has 0 saturated carbocycles. The zero-order chi connectivity index (χ0) is 15.2. The van der Waals surface area contributed by atoms with Crippen molar-refractivity contribution in [2.45, 2.75) is 58.2 Å². The second kappa shape index (κ2) is 4.47. The number of amides is 1. The van der Waals surface area contributed by atoms with Crippen molar-refractivity contribution < 1.29 is 23.1 Å². The average molecular weight is 291 g/mol. The van der Waals surface area contributed by atoms with E-state index in [1.165, 1.54) is 13.8 Å². The van der Waals surface area contributed by atoms with Crippen molar-refractivity contribution >= 4 is 21.9 Å². The minimum atomic E-state index is -3.75. The molecule has 1 aliphatic rings. The first-order chi connectivity index (χ1) is 8.30. The minimum absolute atomic E-state index is 0.268.